The van der Waals surface area contributed by atoms with E-state index in [9.17, 15) is 4.79 Å². The number of carbonyl (C=O) groups is 1. The van der Waals surface area contributed by atoms with Crippen LogP contribution in [-0.4, -0.2) is 36.3 Å². The number of fused-ring (bicyclic) bond motifs is 2. The van der Waals surface area contributed by atoms with E-state index in [4.69, 9.17) is 9.47 Å². The minimum Gasteiger partial charge on any atom is -0.493 e. The molecule has 5 nitrogen and oxygen atoms in total. The molecule has 0 spiro atoms. The molecule has 0 fully saturated rings. The maximum absolute atomic E-state index is 13.2. The molecular formula is C22H22N2O3. The van der Waals surface area contributed by atoms with Gasteiger partial charge in [0.25, 0.3) is 5.91 Å². The normalized spacial score (nSPS) is 18.1. The molecule has 4 rings (SSSR count). The zero-order valence-electron chi connectivity index (χ0n) is 15.7. The van der Waals surface area contributed by atoms with Crippen molar-refractivity contribution in [3.05, 3.63) is 59.8 Å². The molecule has 0 aliphatic carbocycles. The second kappa shape index (κ2) is 6.91. The van der Waals surface area contributed by atoms with Gasteiger partial charge in [0, 0.05) is 24.9 Å². The van der Waals surface area contributed by atoms with Gasteiger partial charge in [-0.2, -0.15) is 0 Å². The summed E-state index contributed by atoms with van der Waals surface area (Å²) < 4.78 is 11.3. The highest BCUT2D eigenvalue weighted by Crippen LogP contribution is 2.39. The lowest BCUT2D eigenvalue weighted by Gasteiger charge is -2.19. The predicted molar refractivity (Wildman–Crippen MR) is 106 cm³/mol. The first-order valence-electron chi connectivity index (χ1n) is 9.08. The number of amides is 1. The SMILES string of the molecule is COc1cc2c(cc1OC(C)C)N=CC1CC(c3ccccc3)=CN1C2=O. The average molecular weight is 362 g/mol. The highest BCUT2D eigenvalue weighted by Gasteiger charge is 2.33. The highest BCUT2D eigenvalue weighted by atomic mass is 16.5. The fourth-order valence-corrected chi connectivity index (χ4v) is 3.46. The molecule has 5 heteroatoms. The van der Waals surface area contributed by atoms with Crippen LogP contribution in [0.5, 0.6) is 11.5 Å². The number of rotatable bonds is 4. The molecule has 0 aromatic heterocycles. The van der Waals surface area contributed by atoms with E-state index in [1.54, 1.807) is 24.1 Å². The van der Waals surface area contributed by atoms with Gasteiger partial charge in [0.05, 0.1) is 30.5 Å². The minimum absolute atomic E-state index is 0.00176. The molecule has 2 aliphatic heterocycles. The Labute approximate surface area is 158 Å². The average Bonchev–Trinajstić information content (AvgIpc) is 3.05. The van der Waals surface area contributed by atoms with E-state index < -0.39 is 0 Å². The van der Waals surface area contributed by atoms with Gasteiger partial charge in [-0.05, 0) is 31.1 Å². The molecule has 0 radical (unpaired) electrons. The fraction of sp³-hybridized carbons (Fsp3) is 0.273. The van der Waals surface area contributed by atoms with Crippen LogP contribution in [0.25, 0.3) is 5.57 Å². The second-order valence-corrected chi connectivity index (χ2v) is 6.97. The summed E-state index contributed by atoms with van der Waals surface area (Å²) >= 11 is 0. The molecule has 0 saturated heterocycles. The highest BCUT2D eigenvalue weighted by molar-refractivity contribution is 6.05. The van der Waals surface area contributed by atoms with Gasteiger partial charge in [-0.3, -0.25) is 9.79 Å². The van der Waals surface area contributed by atoms with Crippen LogP contribution in [0.4, 0.5) is 5.69 Å². The summed E-state index contributed by atoms with van der Waals surface area (Å²) in [6.45, 7) is 3.90. The molecule has 0 bridgehead atoms. The molecule has 1 amide bonds. The van der Waals surface area contributed by atoms with Crippen LogP contribution in [0.3, 0.4) is 0 Å². The van der Waals surface area contributed by atoms with Gasteiger partial charge in [-0.1, -0.05) is 30.3 Å². The summed E-state index contributed by atoms with van der Waals surface area (Å²) in [5.74, 6) is 1.06. The zero-order chi connectivity index (χ0) is 19.0. The third kappa shape index (κ3) is 3.21. The summed E-state index contributed by atoms with van der Waals surface area (Å²) in [4.78, 5) is 19.6. The summed E-state index contributed by atoms with van der Waals surface area (Å²) in [5.41, 5.74) is 3.40. The Bertz CT molecular complexity index is 932. The Morgan fingerprint density at radius 2 is 1.93 bits per heavy atom. The van der Waals surface area contributed by atoms with Crippen molar-refractivity contribution in [3.8, 4) is 11.5 Å². The predicted octanol–water partition coefficient (Wildman–Crippen LogP) is 4.45. The van der Waals surface area contributed by atoms with Crippen LogP contribution in [-0.2, 0) is 0 Å². The van der Waals surface area contributed by atoms with E-state index in [0.717, 1.165) is 17.6 Å². The number of aliphatic imine (C=N–C) groups is 1. The van der Waals surface area contributed by atoms with Crippen molar-refractivity contribution in [2.24, 2.45) is 4.99 Å². The topological polar surface area (TPSA) is 51.1 Å². The first kappa shape index (κ1) is 17.3. The van der Waals surface area contributed by atoms with Gasteiger partial charge in [0.15, 0.2) is 11.5 Å². The number of hydrogen-bond acceptors (Lipinski definition) is 4. The number of methoxy groups -OCH3 is 1. The summed E-state index contributed by atoms with van der Waals surface area (Å²) in [5, 5.41) is 0. The second-order valence-electron chi connectivity index (χ2n) is 6.97. The lowest BCUT2D eigenvalue weighted by molar-refractivity contribution is 0.0817. The van der Waals surface area contributed by atoms with Crippen molar-refractivity contribution >= 4 is 23.4 Å². The van der Waals surface area contributed by atoms with Crippen molar-refractivity contribution in [1.29, 1.82) is 0 Å². The number of benzene rings is 2. The molecule has 1 atom stereocenters. The van der Waals surface area contributed by atoms with Gasteiger partial charge in [0.2, 0.25) is 0 Å². The van der Waals surface area contributed by atoms with Gasteiger partial charge < -0.3 is 14.4 Å². The molecule has 2 aliphatic rings. The van der Waals surface area contributed by atoms with E-state index in [0.29, 0.717) is 22.7 Å². The molecule has 27 heavy (non-hydrogen) atoms. The lowest BCUT2D eigenvalue weighted by atomic mass is 10.0. The Balaban J connectivity index is 1.72. The van der Waals surface area contributed by atoms with E-state index in [-0.39, 0.29) is 18.1 Å². The number of carbonyl (C=O) groups excluding carboxylic acids is 1. The number of nitrogens with zero attached hydrogens (tertiary/aromatic N) is 2. The van der Waals surface area contributed by atoms with Crippen molar-refractivity contribution in [1.82, 2.24) is 4.90 Å². The Morgan fingerprint density at radius 1 is 1.15 bits per heavy atom. The third-order valence-electron chi connectivity index (χ3n) is 4.72. The lowest BCUT2D eigenvalue weighted by Crippen LogP contribution is -2.32. The largest absolute Gasteiger partial charge is 0.493 e. The Morgan fingerprint density at radius 3 is 2.63 bits per heavy atom. The van der Waals surface area contributed by atoms with Gasteiger partial charge in [0.1, 0.15) is 0 Å². The van der Waals surface area contributed by atoms with Crippen molar-refractivity contribution in [3.63, 3.8) is 0 Å². The van der Waals surface area contributed by atoms with Gasteiger partial charge >= 0.3 is 0 Å². The van der Waals surface area contributed by atoms with Crippen LogP contribution in [0.2, 0.25) is 0 Å². The molecule has 2 heterocycles. The smallest absolute Gasteiger partial charge is 0.260 e. The van der Waals surface area contributed by atoms with Gasteiger partial charge in [-0.15, -0.1) is 0 Å². The van der Waals surface area contributed by atoms with E-state index in [1.165, 1.54) is 0 Å². The summed E-state index contributed by atoms with van der Waals surface area (Å²) in [7, 11) is 1.57. The maximum atomic E-state index is 13.2. The summed E-state index contributed by atoms with van der Waals surface area (Å²) in [6, 6.07) is 13.6. The van der Waals surface area contributed by atoms with E-state index in [2.05, 4.69) is 17.1 Å². The third-order valence-corrected chi connectivity index (χ3v) is 4.72. The Hall–Kier alpha value is -3.08. The number of ether oxygens (including phenoxy) is 2. The first-order valence-corrected chi connectivity index (χ1v) is 9.08. The van der Waals surface area contributed by atoms with Gasteiger partial charge in [-0.25, -0.2) is 0 Å². The van der Waals surface area contributed by atoms with Crippen LogP contribution in [0.15, 0.2) is 53.7 Å². The van der Waals surface area contributed by atoms with Crippen LogP contribution < -0.4 is 9.47 Å². The molecule has 1 unspecified atom stereocenters. The molecule has 2 aromatic carbocycles. The summed E-state index contributed by atoms with van der Waals surface area (Å²) in [6.07, 6.45) is 4.54. The monoisotopic (exact) mass is 362 g/mol. The molecular weight excluding hydrogens is 340 g/mol. The van der Waals surface area contributed by atoms with Crippen molar-refractivity contribution in [2.75, 3.05) is 7.11 Å². The molecule has 138 valence electrons. The zero-order valence-corrected chi connectivity index (χ0v) is 15.7. The molecule has 2 aromatic rings. The first-order chi connectivity index (χ1) is 13.1. The Kier molecular flexibility index (Phi) is 4.44. The van der Waals surface area contributed by atoms with Crippen molar-refractivity contribution in [2.45, 2.75) is 32.4 Å². The van der Waals surface area contributed by atoms with Crippen molar-refractivity contribution < 1.29 is 14.3 Å². The van der Waals surface area contributed by atoms with Crippen LogP contribution in [0, 0.1) is 0 Å². The maximum Gasteiger partial charge on any atom is 0.260 e. The molecule has 0 N–H and O–H groups in total. The van der Waals surface area contributed by atoms with E-state index in [1.807, 2.05) is 44.5 Å². The van der Waals surface area contributed by atoms with Crippen LogP contribution >= 0.6 is 0 Å². The minimum atomic E-state index is -0.0828. The van der Waals surface area contributed by atoms with Crippen LogP contribution in [0.1, 0.15) is 36.2 Å². The molecule has 0 saturated carbocycles. The quantitative estimate of drug-likeness (QED) is 0.807. The standard InChI is InChI=1S/C22H22N2O3/c1-14(2)27-21-11-19-18(10-20(21)26-3)22(25)24-13-16(9-17(24)12-23-19)15-7-5-4-6-8-15/h4-8,10-14,17H,9H2,1-3H3. The van der Waals surface area contributed by atoms with E-state index >= 15 is 0 Å². The number of hydrogen-bond donors (Lipinski definition) is 0. The fourth-order valence-electron chi connectivity index (χ4n) is 3.46.